The molecule has 4 amide bonds. The van der Waals surface area contributed by atoms with Crippen LogP contribution in [0.1, 0.15) is 76.8 Å². The Kier molecular flexibility index (Phi) is 8.70. The second-order valence-electron chi connectivity index (χ2n) is 13.9. The Morgan fingerprint density at radius 2 is 1.77 bits per heavy atom. The van der Waals surface area contributed by atoms with Crippen LogP contribution in [0.4, 0.5) is 9.59 Å². The van der Waals surface area contributed by atoms with E-state index in [-0.39, 0.29) is 32.1 Å². The smallest absolute Gasteiger partial charge is 0.410 e. The van der Waals surface area contributed by atoms with E-state index in [4.69, 9.17) is 18.9 Å². The zero-order valence-corrected chi connectivity index (χ0v) is 26.9. The summed E-state index contributed by atoms with van der Waals surface area (Å²) in [4.78, 5) is 69.2. The van der Waals surface area contributed by atoms with E-state index in [1.165, 1.54) is 9.80 Å². The fourth-order valence-corrected chi connectivity index (χ4v) is 6.73. The van der Waals surface area contributed by atoms with Crippen LogP contribution >= 0.6 is 0 Å². The predicted molar refractivity (Wildman–Crippen MR) is 164 cm³/mol. The summed E-state index contributed by atoms with van der Waals surface area (Å²) in [5, 5.41) is 15.5. The molecule has 47 heavy (non-hydrogen) atoms. The SMILES string of the molecule is CC(C)(C)OC(=O)N[C@H]1CCCCC/C=C\[C@@H]2C[C@@]2(C(=O)O)NC(=O)C2C[C@@H](OC(=O)N3Cc4cc5c(cc4C3)OCO5)CN2C1=O. The van der Waals surface area contributed by atoms with Crippen molar-refractivity contribution in [1.29, 1.82) is 0 Å². The van der Waals surface area contributed by atoms with Crippen LogP contribution in [0.5, 0.6) is 11.5 Å². The first-order valence-electron chi connectivity index (χ1n) is 16.2. The van der Waals surface area contributed by atoms with Gasteiger partial charge in [0, 0.05) is 25.4 Å². The van der Waals surface area contributed by atoms with Crippen LogP contribution < -0.4 is 20.1 Å². The highest BCUT2D eigenvalue weighted by Crippen LogP contribution is 2.45. The van der Waals surface area contributed by atoms with Gasteiger partial charge in [-0.2, -0.15) is 0 Å². The Morgan fingerprint density at radius 1 is 1.06 bits per heavy atom. The fourth-order valence-electron chi connectivity index (χ4n) is 6.73. The van der Waals surface area contributed by atoms with Gasteiger partial charge in [-0.25, -0.2) is 14.4 Å². The molecule has 1 aromatic rings. The van der Waals surface area contributed by atoms with E-state index in [0.29, 0.717) is 37.4 Å². The minimum atomic E-state index is -1.47. The van der Waals surface area contributed by atoms with Gasteiger partial charge in [-0.1, -0.05) is 25.0 Å². The van der Waals surface area contributed by atoms with Crippen LogP contribution in [0.15, 0.2) is 24.3 Å². The van der Waals surface area contributed by atoms with Gasteiger partial charge in [-0.15, -0.1) is 0 Å². The summed E-state index contributed by atoms with van der Waals surface area (Å²) in [7, 11) is 0. The number of hydrogen-bond donors (Lipinski definition) is 3. The van der Waals surface area contributed by atoms with Gasteiger partial charge in [-0.05, 0) is 69.7 Å². The molecule has 14 heteroatoms. The van der Waals surface area contributed by atoms with Gasteiger partial charge in [-0.3, -0.25) is 14.5 Å². The third kappa shape index (κ3) is 6.96. The molecule has 254 valence electrons. The summed E-state index contributed by atoms with van der Waals surface area (Å²) in [5.41, 5.74) is -0.457. The molecule has 6 rings (SSSR count). The van der Waals surface area contributed by atoms with Crippen LogP contribution in [0, 0.1) is 5.92 Å². The number of ether oxygens (including phenoxy) is 4. The third-order valence-electron chi connectivity index (χ3n) is 9.26. The molecule has 0 bridgehead atoms. The molecule has 5 atom stereocenters. The average Bonchev–Trinajstić information content (AvgIpc) is 3.35. The molecule has 3 N–H and O–H groups in total. The van der Waals surface area contributed by atoms with Crippen molar-refractivity contribution in [3.05, 3.63) is 35.4 Å². The number of carboxylic acid groups (broad SMARTS) is 1. The topological polar surface area (TPSA) is 173 Å². The van der Waals surface area contributed by atoms with E-state index in [1.807, 2.05) is 24.3 Å². The normalized spacial score (nSPS) is 29.3. The summed E-state index contributed by atoms with van der Waals surface area (Å²) < 4.78 is 22.2. The van der Waals surface area contributed by atoms with Crippen LogP contribution in [0.2, 0.25) is 0 Å². The number of nitrogens with one attached hydrogen (secondary N) is 2. The number of carbonyl (C=O) groups excluding carboxylic acids is 4. The molecule has 14 nitrogen and oxygen atoms in total. The lowest BCUT2D eigenvalue weighted by molar-refractivity contribution is -0.145. The summed E-state index contributed by atoms with van der Waals surface area (Å²) in [5.74, 6) is -1.46. The number of amides is 4. The first-order valence-corrected chi connectivity index (χ1v) is 16.2. The number of alkyl carbamates (subject to hydrolysis) is 1. The quantitative estimate of drug-likeness (QED) is 0.411. The Bertz CT molecular complexity index is 1460. The molecule has 0 spiro atoms. The number of carboxylic acids is 1. The molecule has 2 fully saturated rings. The maximum Gasteiger partial charge on any atom is 0.410 e. The molecular formula is C33H42N4O10. The minimum Gasteiger partial charge on any atom is -0.479 e. The lowest BCUT2D eigenvalue weighted by Crippen LogP contribution is -2.56. The Balaban J connectivity index is 1.21. The lowest BCUT2D eigenvalue weighted by atomic mass is 10.0. The zero-order valence-electron chi connectivity index (χ0n) is 26.9. The van der Waals surface area contributed by atoms with Crippen molar-refractivity contribution in [3.8, 4) is 11.5 Å². The van der Waals surface area contributed by atoms with Crippen molar-refractivity contribution < 1.29 is 48.0 Å². The monoisotopic (exact) mass is 654 g/mol. The molecule has 0 aromatic heterocycles. The van der Waals surface area contributed by atoms with E-state index in [9.17, 15) is 29.1 Å². The number of nitrogens with zero attached hydrogens (tertiary/aromatic N) is 2. The van der Waals surface area contributed by atoms with E-state index in [2.05, 4.69) is 10.6 Å². The number of fused-ring (bicyclic) bond motifs is 4. The van der Waals surface area contributed by atoms with Gasteiger partial charge in [0.2, 0.25) is 18.6 Å². The number of benzene rings is 1. The number of aliphatic carboxylic acids is 1. The number of carbonyl (C=O) groups is 5. The van der Waals surface area contributed by atoms with Gasteiger partial charge in [0.05, 0.1) is 6.54 Å². The Hall–Kier alpha value is -4.49. The standard InChI is InChI=1S/C33H42N4O10/c1-32(2,3)47-30(42)34-23-10-8-6-4-5-7-9-21-14-33(21,29(40)41)35-27(38)24-13-22(17-37(24)28(23)39)46-31(43)36-15-19-11-25-26(45-18-44-25)12-20(19)16-36/h7,9,11-12,21-24H,4-6,8,10,13-18H2,1-3H3,(H,34,42)(H,35,38)(H,40,41)/b9-7-/t21-,22-,23+,24?,33-/m1/s1. The van der Waals surface area contributed by atoms with E-state index in [1.54, 1.807) is 20.8 Å². The number of hydrogen-bond acceptors (Lipinski definition) is 9. The van der Waals surface area contributed by atoms with Gasteiger partial charge in [0.25, 0.3) is 0 Å². The molecule has 0 radical (unpaired) electrons. The van der Waals surface area contributed by atoms with E-state index < -0.39 is 59.3 Å². The van der Waals surface area contributed by atoms with Crippen molar-refractivity contribution in [2.45, 2.75) is 108 Å². The maximum absolute atomic E-state index is 14.1. The van der Waals surface area contributed by atoms with E-state index >= 15 is 0 Å². The highest BCUT2D eigenvalue weighted by atomic mass is 16.7. The van der Waals surface area contributed by atoms with E-state index in [0.717, 1.165) is 30.4 Å². The van der Waals surface area contributed by atoms with Crippen molar-refractivity contribution in [2.24, 2.45) is 5.92 Å². The Labute approximate surface area is 272 Å². The summed E-state index contributed by atoms with van der Waals surface area (Å²) >= 11 is 0. The number of allylic oxidation sites excluding steroid dienone is 1. The van der Waals surface area contributed by atoms with Crippen molar-refractivity contribution in [2.75, 3.05) is 13.3 Å². The lowest BCUT2D eigenvalue weighted by Gasteiger charge is -2.30. The molecule has 1 saturated heterocycles. The molecule has 1 saturated carbocycles. The van der Waals surface area contributed by atoms with Crippen molar-refractivity contribution in [3.63, 3.8) is 0 Å². The second kappa shape index (κ2) is 12.6. The third-order valence-corrected chi connectivity index (χ3v) is 9.26. The molecular weight excluding hydrogens is 612 g/mol. The summed E-state index contributed by atoms with van der Waals surface area (Å²) in [6.45, 7) is 5.78. The predicted octanol–water partition coefficient (Wildman–Crippen LogP) is 3.21. The van der Waals surface area contributed by atoms with Gasteiger partial charge in [0.1, 0.15) is 29.3 Å². The molecule has 4 heterocycles. The largest absolute Gasteiger partial charge is 0.479 e. The second-order valence-corrected chi connectivity index (χ2v) is 13.9. The van der Waals surface area contributed by atoms with Gasteiger partial charge < -0.3 is 39.6 Å². The molecule has 5 aliphatic rings. The summed E-state index contributed by atoms with van der Waals surface area (Å²) in [6.07, 6.45) is 5.01. The van der Waals surface area contributed by atoms with Gasteiger partial charge >= 0.3 is 18.2 Å². The first-order chi connectivity index (χ1) is 22.3. The molecule has 1 aromatic carbocycles. The molecule has 1 unspecified atom stereocenters. The fraction of sp³-hybridized carbons (Fsp3) is 0.606. The minimum absolute atomic E-state index is 0.0323. The first kappa shape index (κ1) is 32.5. The number of rotatable bonds is 3. The molecule has 4 aliphatic heterocycles. The van der Waals surface area contributed by atoms with Crippen LogP contribution in [0.3, 0.4) is 0 Å². The highest BCUT2D eigenvalue weighted by Gasteiger charge is 2.61. The highest BCUT2D eigenvalue weighted by molar-refractivity contribution is 5.96. The Morgan fingerprint density at radius 3 is 2.43 bits per heavy atom. The average molecular weight is 655 g/mol. The summed E-state index contributed by atoms with van der Waals surface area (Å²) in [6, 6.07) is 1.56. The van der Waals surface area contributed by atoms with Crippen LogP contribution in [-0.2, 0) is 36.9 Å². The van der Waals surface area contributed by atoms with Gasteiger partial charge in [0.15, 0.2) is 11.5 Å². The van der Waals surface area contributed by atoms with Crippen molar-refractivity contribution >= 4 is 30.0 Å². The zero-order chi connectivity index (χ0) is 33.5. The van der Waals surface area contributed by atoms with Crippen LogP contribution in [-0.4, -0.2) is 87.5 Å². The van der Waals surface area contributed by atoms with Crippen LogP contribution in [0.25, 0.3) is 0 Å². The maximum atomic E-state index is 14.1. The van der Waals surface area contributed by atoms with Crippen molar-refractivity contribution in [1.82, 2.24) is 20.4 Å². The molecule has 1 aliphatic carbocycles.